The second-order valence-corrected chi connectivity index (χ2v) is 5.34. The molecule has 0 unspecified atom stereocenters. The summed E-state index contributed by atoms with van der Waals surface area (Å²) in [6.07, 6.45) is 3.32. The second kappa shape index (κ2) is 5.98. The topological polar surface area (TPSA) is 74.8 Å². The summed E-state index contributed by atoms with van der Waals surface area (Å²) in [5.41, 5.74) is 2.39. The Morgan fingerprint density at radius 3 is 3.09 bits per heavy atom. The number of hydrogen-bond donors (Lipinski definition) is 0. The third-order valence-corrected chi connectivity index (χ3v) is 3.79. The maximum atomic E-state index is 12.1. The highest BCUT2D eigenvalue weighted by atomic mass is 16.1. The van der Waals surface area contributed by atoms with E-state index in [4.69, 9.17) is 0 Å². The standard InChI is InChI=1S/C16H17N5O/c1-2-7-21-15(22)9-13-11-20(8-5-14(13)19-21)16-12(10-17)4-3-6-18-16/h3-4,6,9H,2,5,7-8,11H2,1H3. The van der Waals surface area contributed by atoms with E-state index < -0.39 is 0 Å². The second-order valence-electron chi connectivity index (χ2n) is 5.34. The highest BCUT2D eigenvalue weighted by Gasteiger charge is 2.21. The van der Waals surface area contributed by atoms with Crippen LogP contribution in [0.25, 0.3) is 0 Å². The number of fused-ring (bicyclic) bond motifs is 1. The molecule has 6 heteroatoms. The van der Waals surface area contributed by atoms with Crippen LogP contribution in [0, 0.1) is 11.3 Å². The molecule has 0 bridgehead atoms. The van der Waals surface area contributed by atoms with E-state index in [0.29, 0.717) is 24.5 Å². The van der Waals surface area contributed by atoms with Crippen molar-refractivity contribution in [2.24, 2.45) is 0 Å². The van der Waals surface area contributed by atoms with Crippen molar-refractivity contribution < 1.29 is 0 Å². The largest absolute Gasteiger partial charge is 0.351 e. The minimum Gasteiger partial charge on any atom is -0.351 e. The summed E-state index contributed by atoms with van der Waals surface area (Å²) in [4.78, 5) is 18.4. The van der Waals surface area contributed by atoms with Crippen molar-refractivity contribution in [1.29, 1.82) is 5.26 Å². The van der Waals surface area contributed by atoms with Crippen molar-refractivity contribution in [3.8, 4) is 6.07 Å². The van der Waals surface area contributed by atoms with E-state index in [-0.39, 0.29) is 5.56 Å². The van der Waals surface area contributed by atoms with E-state index in [1.165, 1.54) is 4.68 Å². The highest BCUT2D eigenvalue weighted by molar-refractivity contribution is 5.54. The molecule has 0 fully saturated rings. The average Bonchev–Trinajstić information content (AvgIpc) is 2.55. The molecular weight excluding hydrogens is 278 g/mol. The van der Waals surface area contributed by atoms with Crippen LogP contribution in [0.5, 0.6) is 0 Å². The van der Waals surface area contributed by atoms with Gasteiger partial charge in [0.25, 0.3) is 5.56 Å². The first-order chi connectivity index (χ1) is 10.7. The lowest BCUT2D eigenvalue weighted by Crippen LogP contribution is -2.35. The Kier molecular flexibility index (Phi) is 3.88. The van der Waals surface area contributed by atoms with Gasteiger partial charge >= 0.3 is 0 Å². The molecule has 0 N–H and O–H groups in total. The molecule has 1 aliphatic rings. The number of nitrogens with zero attached hydrogens (tertiary/aromatic N) is 5. The molecule has 0 radical (unpaired) electrons. The molecule has 0 aromatic carbocycles. The number of aromatic nitrogens is 3. The first-order valence-corrected chi connectivity index (χ1v) is 7.43. The van der Waals surface area contributed by atoms with E-state index >= 15 is 0 Å². The van der Waals surface area contributed by atoms with Gasteiger partial charge in [0.15, 0.2) is 0 Å². The highest BCUT2D eigenvalue weighted by Crippen LogP contribution is 2.23. The summed E-state index contributed by atoms with van der Waals surface area (Å²) in [5, 5.41) is 13.7. The molecule has 0 atom stereocenters. The summed E-state index contributed by atoms with van der Waals surface area (Å²) < 4.78 is 1.54. The SMILES string of the molecule is CCCn1nc2c(cc1=O)CN(c1ncccc1C#N)CC2. The lowest BCUT2D eigenvalue weighted by atomic mass is 10.1. The summed E-state index contributed by atoms with van der Waals surface area (Å²) >= 11 is 0. The Balaban J connectivity index is 1.93. The van der Waals surface area contributed by atoms with Gasteiger partial charge in [0.05, 0.1) is 11.3 Å². The van der Waals surface area contributed by atoms with Crippen LogP contribution in [0.3, 0.4) is 0 Å². The molecule has 3 heterocycles. The van der Waals surface area contributed by atoms with Crippen molar-refractivity contribution in [2.45, 2.75) is 32.9 Å². The summed E-state index contributed by atoms with van der Waals surface area (Å²) in [6.45, 7) is 3.99. The van der Waals surface area contributed by atoms with E-state index in [9.17, 15) is 10.1 Å². The van der Waals surface area contributed by atoms with Gasteiger partial charge in [-0.05, 0) is 18.6 Å². The number of hydrogen-bond acceptors (Lipinski definition) is 5. The molecule has 1 aliphatic heterocycles. The fourth-order valence-electron chi connectivity index (χ4n) is 2.73. The number of anilines is 1. The Labute approximate surface area is 128 Å². The van der Waals surface area contributed by atoms with Crippen LogP contribution < -0.4 is 10.5 Å². The molecule has 6 nitrogen and oxygen atoms in total. The van der Waals surface area contributed by atoms with Crippen LogP contribution in [-0.2, 0) is 19.5 Å². The monoisotopic (exact) mass is 295 g/mol. The van der Waals surface area contributed by atoms with Gasteiger partial charge in [-0.15, -0.1) is 0 Å². The molecule has 2 aromatic heterocycles. The van der Waals surface area contributed by atoms with Crippen molar-refractivity contribution in [3.05, 3.63) is 51.6 Å². The van der Waals surface area contributed by atoms with Crippen molar-refractivity contribution in [2.75, 3.05) is 11.4 Å². The van der Waals surface area contributed by atoms with Gasteiger partial charge in [0.2, 0.25) is 0 Å². The Hall–Kier alpha value is -2.68. The molecule has 2 aromatic rings. The van der Waals surface area contributed by atoms with E-state index in [0.717, 1.165) is 30.6 Å². The smallest absolute Gasteiger partial charge is 0.267 e. The van der Waals surface area contributed by atoms with Gasteiger partial charge in [-0.3, -0.25) is 4.79 Å². The maximum absolute atomic E-state index is 12.1. The molecule has 22 heavy (non-hydrogen) atoms. The Bertz CT molecular complexity index is 790. The molecule has 0 saturated heterocycles. The van der Waals surface area contributed by atoms with Crippen LogP contribution >= 0.6 is 0 Å². The third kappa shape index (κ3) is 2.58. The minimum absolute atomic E-state index is 0.0658. The molecule has 112 valence electrons. The van der Waals surface area contributed by atoms with Crippen molar-refractivity contribution in [3.63, 3.8) is 0 Å². The Morgan fingerprint density at radius 1 is 1.45 bits per heavy atom. The van der Waals surface area contributed by atoms with Gasteiger partial charge in [0, 0.05) is 43.9 Å². The Morgan fingerprint density at radius 2 is 2.32 bits per heavy atom. The number of nitriles is 1. The number of rotatable bonds is 3. The van der Waals surface area contributed by atoms with Crippen LogP contribution in [0.4, 0.5) is 5.82 Å². The zero-order valence-corrected chi connectivity index (χ0v) is 12.5. The molecule has 0 amide bonds. The third-order valence-electron chi connectivity index (χ3n) is 3.79. The normalized spacial score (nSPS) is 13.5. The first kappa shape index (κ1) is 14.3. The molecule has 0 saturated carbocycles. The van der Waals surface area contributed by atoms with E-state index in [1.807, 2.05) is 11.8 Å². The van der Waals surface area contributed by atoms with Gasteiger partial charge < -0.3 is 4.90 Å². The molecule has 0 spiro atoms. The molecule has 3 rings (SSSR count). The number of aryl methyl sites for hydroxylation is 1. The van der Waals surface area contributed by atoms with Gasteiger partial charge in [-0.2, -0.15) is 10.4 Å². The zero-order valence-electron chi connectivity index (χ0n) is 12.5. The van der Waals surface area contributed by atoms with Crippen LogP contribution in [0.15, 0.2) is 29.2 Å². The van der Waals surface area contributed by atoms with Gasteiger partial charge in [0.1, 0.15) is 11.9 Å². The van der Waals surface area contributed by atoms with E-state index in [1.54, 1.807) is 24.4 Å². The zero-order chi connectivity index (χ0) is 15.5. The van der Waals surface area contributed by atoms with Crippen LogP contribution in [-0.4, -0.2) is 21.3 Å². The predicted octanol–water partition coefficient (Wildman–Crippen LogP) is 1.48. The maximum Gasteiger partial charge on any atom is 0.267 e. The van der Waals surface area contributed by atoms with E-state index in [2.05, 4.69) is 16.2 Å². The molecular formula is C16H17N5O. The lowest BCUT2D eigenvalue weighted by molar-refractivity contribution is 0.539. The van der Waals surface area contributed by atoms with Crippen molar-refractivity contribution >= 4 is 5.82 Å². The number of pyridine rings is 1. The lowest BCUT2D eigenvalue weighted by Gasteiger charge is -2.29. The summed E-state index contributed by atoms with van der Waals surface area (Å²) in [6, 6.07) is 7.35. The van der Waals surface area contributed by atoms with Gasteiger partial charge in [-0.25, -0.2) is 9.67 Å². The fraction of sp³-hybridized carbons (Fsp3) is 0.375. The summed E-state index contributed by atoms with van der Waals surface area (Å²) in [7, 11) is 0. The molecule has 0 aliphatic carbocycles. The minimum atomic E-state index is -0.0658. The summed E-state index contributed by atoms with van der Waals surface area (Å²) in [5.74, 6) is 0.674. The quantitative estimate of drug-likeness (QED) is 0.857. The average molecular weight is 295 g/mol. The predicted molar refractivity (Wildman–Crippen MR) is 82.5 cm³/mol. The van der Waals surface area contributed by atoms with Gasteiger partial charge in [-0.1, -0.05) is 6.92 Å². The van der Waals surface area contributed by atoms with Crippen LogP contribution in [0.1, 0.15) is 30.2 Å². The first-order valence-electron chi connectivity index (χ1n) is 7.43. The fourth-order valence-corrected chi connectivity index (χ4v) is 2.73. The van der Waals surface area contributed by atoms with Crippen LogP contribution in [0.2, 0.25) is 0 Å². The van der Waals surface area contributed by atoms with Crippen molar-refractivity contribution in [1.82, 2.24) is 14.8 Å².